The number of carbonyl (C=O) groups excluding carboxylic acids is 1. The number of benzene rings is 1. The number of halogens is 1. The van der Waals surface area contributed by atoms with Gasteiger partial charge in [0.25, 0.3) is 0 Å². The van der Waals surface area contributed by atoms with E-state index in [0.717, 1.165) is 53.4 Å². The van der Waals surface area contributed by atoms with Crippen molar-refractivity contribution in [2.75, 3.05) is 13.2 Å². The summed E-state index contributed by atoms with van der Waals surface area (Å²) in [6.07, 6.45) is 8.23. The zero-order valence-corrected chi connectivity index (χ0v) is 23.8. The fourth-order valence-corrected chi connectivity index (χ4v) is 9.15. The van der Waals surface area contributed by atoms with Crippen molar-refractivity contribution >= 4 is 21.9 Å². The third kappa shape index (κ3) is 3.63. The molecule has 2 aliphatic carbocycles. The second-order valence-corrected chi connectivity index (χ2v) is 13.5. The third-order valence-corrected chi connectivity index (χ3v) is 11.1. The topological polar surface area (TPSA) is 82.7 Å². The van der Waals surface area contributed by atoms with Crippen molar-refractivity contribution in [1.29, 1.82) is 0 Å². The molecule has 0 amide bonds. The molecule has 0 radical (unpaired) electrons. The normalized spacial score (nSPS) is 42.2. The number of aromatic nitrogens is 2. The van der Waals surface area contributed by atoms with Gasteiger partial charge in [0.05, 0.1) is 47.4 Å². The molecule has 0 bridgehead atoms. The minimum absolute atomic E-state index is 0.0891. The number of nitrogens with zero attached hydrogens (tertiary/aromatic N) is 1. The van der Waals surface area contributed by atoms with Crippen LogP contribution < -0.4 is 0 Å². The maximum absolute atomic E-state index is 12.3. The Morgan fingerprint density at radius 2 is 1.97 bits per heavy atom. The Morgan fingerprint density at radius 3 is 2.76 bits per heavy atom. The molecule has 1 aromatic heterocycles. The second-order valence-electron chi connectivity index (χ2n) is 12.6. The summed E-state index contributed by atoms with van der Waals surface area (Å²) in [6, 6.07) is 8.18. The molecular weight excluding hydrogens is 548 g/mol. The number of rotatable bonds is 3. The molecule has 202 valence electrons. The van der Waals surface area contributed by atoms with Crippen LogP contribution in [0.4, 0.5) is 0 Å². The average Bonchev–Trinajstić information content (AvgIpc) is 3.62. The predicted molar refractivity (Wildman–Crippen MR) is 144 cm³/mol. The van der Waals surface area contributed by atoms with Crippen molar-refractivity contribution < 1.29 is 23.7 Å². The molecule has 3 unspecified atom stereocenters. The van der Waals surface area contributed by atoms with Crippen LogP contribution in [-0.4, -0.2) is 47.2 Å². The second kappa shape index (κ2) is 8.75. The number of cyclic esters (lactones) is 1. The lowest BCUT2D eigenvalue weighted by atomic mass is 9.44. The van der Waals surface area contributed by atoms with Crippen LogP contribution in [0.1, 0.15) is 64.7 Å². The first-order valence-corrected chi connectivity index (χ1v) is 14.6. The van der Waals surface area contributed by atoms with Crippen molar-refractivity contribution in [1.82, 2.24) is 10.2 Å². The Hall–Kier alpha value is -2.00. The number of hydrogen-bond donors (Lipinski definition) is 1. The molecule has 8 atom stereocenters. The lowest BCUT2D eigenvalue weighted by molar-refractivity contribution is -0.314. The molecule has 2 aromatic rings. The lowest BCUT2D eigenvalue weighted by Gasteiger charge is -2.64. The molecule has 4 heterocycles. The highest BCUT2D eigenvalue weighted by Crippen LogP contribution is 2.67. The zero-order valence-electron chi connectivity index (χ0n) is 22.2. The minimum atomic E-state index is -0.446. The van der Waals surface area contributed by atoms with Crippen molar-refractivity contribution in [3.63, 3.8) is 0 Å². The van der Waals surface area contributed by atoms with Gasteiger partial charge < -0.3 is 18.9 Å². The molecule has 2 saturated carbocycles. The van der Waals surface area contributed by atoms with Crippen LogP contribution in [0, 0.1) is 22.7 Å². The molecule has 38 heavy (non-hydrogen) atoms. The van der Waals surface area contributed by atoms with Crippen LogP contribution in [0.5, 0.6) is 0 Å². The summed E-state index contributed by atoms with van der Waals surface area (Å²) in [5.74, 6) is 0.616. The lowest BCUT2D eigenvalue weighted by Crippen LogP contribution is -2.63. The van der Waals surface area contributed by atoms with Gasteiger partial charge in [0.15, 0.2) is 6.29 Å². The fourth-order valence-electron chi connectivity index (χ4n) is 8.75. The van der Waals surface area contributed by atoms with E-state index < -0.39 is 6.29 Å². The number of esters is 1. The average molecular weight is 584 g/mol. The van der Waals surface area contributed by atoms with E-state index in [0.29, 0.717) is 30.6 Å². The molecule has 3 aliphatic heterocycles. The number of ether oxygens (including phenoxy) is 4. The molecule has 0 spiro atoms. The van der Waals surface area contributed by atoms with Gasteiger partial charge in [-0.25, -0.2) is 4.79 Å². The van der Waals surface area contributed by atoms with Crippen LogP contribution in [0.3, 0.4) is 0 Å². The predicted octanol–water partition coefficient (Wildman–Crippen LogP) is 6.12. The minimum Gasteiger partial charge on any atom is -0.458 e. The molecule has 8 heteroatoms. The van der Waals surface area contributed by atoms with E-state index in [1.807, 2.05) is 24.4 Å². The van der Waals surface area contributed by atoms with Gasteiger partial charge in [0.2, 0.25) is 0 Å². The largest absolute Gasteiger partial charge is 0.458 e. The van der Waals surface area contributed by atoms with E-state index in [1.54, 1.807) is 0 Å². The van der Waals surface area contributed by atoms with Crippen molar-refractivity contribution in [3.05, 3.63) is 52.1 Å². The van der Waals surface area contributed by atoms with Crippen molar-refractivity contribution in [3.8, 4) is 11.3 Å². The van der Waals surface area contributed by atoms with E-state index in [9.17, 15) is 4.79 Å². The standard InChI is InChI=1S/C30H35BrN2O5/c1-28-10-8-24-29(2,16-36-27(37-24)20-15-32-33-25(20)17-5-4-6-18(31)13-17)22(28)7-11-30(3)23(28)14-21(38-30)19-9-12-35-26(19)34/h4-6,9,13,15,21-24,27H,7-8,10-12,14,16H2,1-3H3,(H,32,33)/t21?,22-,23-,24+,27?,28+,29-,30?/m0/s1. The van der Waals surface area contributed by atoms with E-state index in [1.165, 1.54) is 0 Å². The molecule has 7 nitrogen and oxygen atoms in total. The summed E-state index contributed by atoms with van der Waals surface area (Å²) in [5, 5.41) is 7.50. The molecular formula is C30H35BrN2O5. The fraction of sp³-hybridized carbons (Fsp3) is 0.600. The van der Waals surface area contributed by atoms with Crippen LogP contribution in [0.25, 0.3) is 11.3 Å². The number of carbonyl (C=O) groups is 1. The van der Waals surface area contributed by atoms with Gasteiger partial charge in [-0.15, -0.1) is 0 Å². The van der Waals surface area contributed by atoms with Crippen LogP contribution in [0.15, 0.2) is 46.6 Å². The van der Waals surface area contributed by atoms with E-state index in [4.69, 9.17) is 18.9 Å². The van der Waals surface area contributed by atoms with Gasteiger partial charge >= 0.3 is 5.97 Å². The number of hydrogen-bond acceptors (Lipinski definition) is 6. The van der Waals surface area contributed by atoms with E-state index in [2.05, 4.69) is 59.0 Å². The Balaban J connectivity index is 1.14. The van der Waals surface area contributed by atoms with Crippen molar-refractivity contribution in [2.45, 2.75) is 77.0 Å². The summed E-state index contributed by atoms with van der Waals surface area (Å²) >= 11 is 3.58. The Bertz CT molecular complexity index is 1310. The van der Waals surface area contributed by atoms with Crippen molar-refractivity contribution in [2.24, 2.45) is 22.7 Å². The SMILES string of the molecule is CC12CC[C@@H]3[C@]4(C)COC(c5cn[nH]c5-c5cccc(Br)c5)O[C@@H]4CC[C@@]3(C)[C@@H]1CC(C1=CCOC1=O)O2. The van der Waals surface area contributed by atoms with Gasteiger partial charge in [-0.05, 0) is 74.5 Å². The number of fused-ring (bicyclic) bond motifs is 5. The molecule has 7 rings (SSSR count). The smallest absolute Gasteiger partial charge is 0.336 e. The van der Waals surface area contributed by atoms with Gasteiger partial charge in [0.1, 0.15) is 6.61 Å². The Morgan fingerprint density at radius 1 is 1.11 bits per heavy atom. The first-order chi connectivity index (χ1) is 18.2. The van der Waals surface area contributed by atoms with Gasteiger partial charge in [-0.1, -0.05) is 41.9 Å². The summed E-state index contributed by atoms with van der Waals surface area (Å²) < 4.78 is 26.2. The Labute approximate surface area is 231 Å². The maximum atomic E-state index is 12.3. The monoisotopic (exact) mass is 582 g/mol. The van der Waals surface area contributed by atoms with E-state index >= 15 is 0 Å². The summed E-state index contributed by atoms with van der Waals surface area (Å²) in [5.41, 5.74) is 3.42. The first kappa shape index (κ1) is 25.0. The molecule has 4 fully saturated rings. The summed E-state index contributed by atoms with van der Waals surface area (Å²) in [4.78, 5) is 12.3. The number of H-pyrrole nitrogens is 1. The first-order valence-electron chi connectivity index (χ1n) is 13.8. The highest BCUT2D eigenvalue weighted by Gasteiger charge is 2.66. The Kier molecular flexibility index (Phi) is 5.76. The quantitative estimate of drug-likeness (QED) is 0.439. The van der Waals surface area contributed by atoms with Crippen LogP contribution in [0.2, 0.25) is 0 Å². The number of aromatic amines is 1. The zero-order chi connectivity index (χ0) is 26.3. The van der Waals surface area contributed by atoms with Crippen LogP contribution >= 0.6 is 15.9 Å². The van der Waals surface area contributed by atoms with Gasteiger partial charge in [-0.3, -0.25) is 5.10 Å². The molecule has 5 aliphatic rings. The highest BCUT2D eigenvalue weighted by molar-refractivity contribution is 9.10. The molecule has 1 N–H and O–H groups in total. The highest BCUT2D eigenvalue weighted by atomic mass is 79.9. The molecule has 1 aromatic carbocycles. The summed E-state index contributed by atoms with van der Waals surface area (Å²) in [6.45, 7) is 8.11. The van der Waals surface area contributed by atoms with Crippen LogP contribution in [-0.2, 0) is 23.7 Å². The van der Waals surface area contributed by atoms with Gasteiger partial charge in [0, 0.05) is 15.5 Å². The molecule has 2 saturated heterocycles. The van der Waals surface area contributed by atoms with Gasteiger partial charge in [-0.2, -0.15) is 5.10 Å². The third-order valence-electron chi connectivity index (χ3n) is 10.6. The maximum Gasteiger partial charge on any atom is 0.336 e. The number of nitrogens with one attached hydrogen (secondary N) is 1. The summed E-state index contributed by atoms with van der Waals surface area (Å²) in [7, 11) is 0. The van der Waals surface area contributed by atoms with E-state index in [-0.39, 0.29) is 34.6 Å².